The van der Waals surface area contributed by atoms with Gasteiger partial charge in [0, 0.05) is 30.6 Å². The number of hydrogen-bond acceptors (Lipinski definition) is 2. The van der Waals surface area contributed by atoms with E-state index in [2.05, 4.69) is 28.1 Å². The summed E-state index contributed by atoms with van der Waals surface area (Å²) in [6.07, 6.45) is 3.55. The van der Waals surface area contributed by atoms with E-state index in [9.17, 15) is 0 Å². The summed E-state index contributed by atoms with van der Waals surface area (Å²) in [6.45, 7) is 0. The standard InChI is InChI=1S/C15H16Cl2N2S.BrH/c1-18-14-19(2)13(9-20-14)15(6-3-7-15)10-4-5-11(16)12(17)8-10;/h4-5,8-9H,3,6-7H2,1-2H3;1H. The van der Waals surface area contributed by atoms with Crippen LogP contribution in [0.1, 0.15) is 30.5 Å². The second-order valence-corrected chi connectivity index (χ2v) is 6.90. The summed E-state index contributed by atoms with van der Waals surface area (Å²) >= 11 is 13.9. The minimum Gasteiger partial charge on any atom is -0.323 e. The summed E-state index contributed by atoms with van der Waals surface area (Å²) in [5, 5.41) is 3.47. The van der Waals surface area contributed by atoms with Gasteiger partial charge in [-0.3, -0.25) is 4.99 Å². The lowest BCUT2D eigenvalue weighted by atomic mass is 9.62. The molecule has 1 aromatic heterocycles. The number of aromatic nitrogens is 1. The van der Waals surface area contributed by atoms with Crippen LogP contribution in [0.4, 0.5) is 0 Å². The van der Waals surface area contributed by atoms with Crippen molar-refractivity contribution in [3.05, 3.63) is 49.7 Å². The molecule has 0 bridgehead atoms. The van der Waals surface area contributed by atoms with Crippen molar-refractivity contribution in [1.82, 2.24) is 4.57 Å². The van der Waals surface area contributed by atoms with Gasteiger partial charge >= 0.3 is 0 Å². The van der Waals surface area contributed by atoms with Gasteiger partial charge < -0.3 is 4.57 Å². The van der Waals surface area contributed by atoms with E-state index in [1.165, 1.54) is 17.7 Å². The molecule has 114 valence electrons. The highest BCUT2D eigenvalue weighted by atomic mass is 79.9. The molecule has 0 saturated heterocycles. The van der Waals surface area contributed by atoms with Gasteiger partial charge in [-0.05, 0) is 30.5 Å². The van der Waals surface area contributed by atoms with Crippen LogP contribution in [-0.4, -0.2) is 11.6 Å². The molecule has 0 N–H and O–H groups in total. The fraction of sp³-hybridized carbons (Fsp3) is 0.400. The van der Waals surface area contributed by atoms with Gasteiger partial charge in [0.25, 0.3) is 0 Å². The summed E-state index contributed by atoms with van der Waals surface area (Å²) in [5.74, 6) is 0. The van der Waals surface area contributed by atoms with Crippen LogP contribution in [0, 0.1) is 0 Å². The van der Waals surface area contributed by atoms with Gasteiger partial charge in [0.1, 0.15) is 0 Å². The Hall–Kier alpha value is -0.290. The first-order valence-electron chi connectivity index (χ1n) is 6.62. The van der Waals surface area contributed by atoms with E-state index in [4.69, 9.17) is 23.2 Å². The van der Waals surface area contributed by atoms with Crippen molar-refractivity contribution in [2.75, 3.05) is 7.05 Å². The highest BCUT2D eigenvalue weighted by Crippen LogP contribution is 2.49. The smallest absolute Gasteiger partial charge is 0.184 e. The first-order chi connectivity index (χ1) is 9.58. The summed E-state index contributed by atoms with van der Waals surface area (Å²) in [5.41, 5.74) is 2.66. The van der Waals surface area contributed by atoms with Crippen LogP contribution < -0.4 is 4.80 Å². The molecule has 0 aliphatic heterocycles. The summed E-state index contributed by atoms with van der Waals surface area (Å²) < 4.78 is 2.20. The number of hydrogen-bond donors (Lipinski definition) is 0. The molecule has 1 aromatic carbocycles. The quantitative estimate of drug-likeness (QED) is 0.668. The zero-order valence-corrected chi connectivity index (χ0v) is 15.9. The Bertz CT molecular complexity index is 717. The zero-order valence-electron chi connectivity index (χ0n) is 11.9. The van der Waals surface area contributed by atoms with Crippen LogP contribution in [0.5, 0.6) is 0 Å². The van der Waals surface area contributed by atoms with E-state index in [0.717, 1.165) is 17.6 Å². The first kappa shape index (κ1) is 17.1. The van der Waals surface area contributed by atoms with Crippen molar-refractivity contribution >= 4 is 51.5 Å². The first-order valence-corrected chi connectivity index (χ1v) is 8.25. The molecular weight excluding hydrogens is 391 g/mol. The molecule has 0 unspecified atom stereocenters. The maximum Gasteiger partial charge on any atom is 0.184 e. The van der Waals surface area contributed by atoms with Gasteiger partial charge in [-0.25, -0.2) is 0 Å². The molecule has 21 heavy (non-hydrogen) atoms. The highest BCUT2D eigenvalue weighted by molar-refractivity contribution is 8.93. The van der Waals surface area contributed by atoms with Gasteiger partial charge in [0.2, 0.25) is 0 Å². The molecule has 1 aliphatic carbocycles. The molecule has 0 radical (unpaired) electrons. The average molecular weight is 408 g/mol. The third-order valence-electron chi connectivity index (χ3n) is 4.29. The van der Waals surface area contributed by atoms with E-state index in [1.54, 1.807) is 11.3 Å². The molecule has 2 aromatic rings. The molecule has 1 heterocycles. The monoisotopic (exact) mass is 406 g/mol. The van der Waals surface area contributed by atoms with Gasteiger partial charge in [-0.1, -0.05) is 35.7 Å². The van der Waals surface area contributed by atoms with E-state index >= 15 is 0 Å². The SMILES string of the molecule is Br.CN=c1scc(C2(c3ccc(Cl)c(Cl)c3)CCC2)n1C. The summed E-state index contributed by atoms with van der Waals surface area (Å²) in [4.78, 5) is 5.37. The predicted molar refractivity (Wildman–Crippen MR) is 96.2 cm³/mol. The number of rotatable bonds is 2. The van der Waals surface area contributed by atoms with Crippen LogP contribution in [-0.2, 0) is 12.5 Å². The van der Waals surface area contributed by atoms with Crippen LogP contribution in [0.2, 0.25) is 10.0 Å². The molecular formula is C15H17BrCl2N2S. The molecule has 0 spiro atoms. The lowest BCUT2D eigenvalue weighted by Gasteiger charge is -2.42. The van der Waals surface area contributed by atoms with Gasteiger partial charge in [0.05, 0.1) is 10.0 Å². The number of thiazole rings is 1. The van der Waals surface area contributed by atoms with E-state index < -0.39 is 0 Å². The Balaban J connectivity index is 0.00000161. The Morgan fingerprint density at radius 2 is 1.95 bits per heavy atom. The summed E-state index contributed by atoms with van der Waals surface area (Å²) in [7, 11) is 3.92. The molecule has 3 rings (SSSR count). The fourth-order valence-electron chi connectivity index (χ4n) is 3.02. The summed E-state index contributed by atoms with van der Waals surface area (Å²) in [6, 6.07) is 6.02. The molecule has 0 amide bonds. The Morgan fingerprint density at radius 3 is 2.43 bits per heavy atom. The van der Waals surface area contributed by atoms with Crippen molar-refractivity contribution < 1.29 is 0 Å². The van der Waals surface area contributed by atoms with Crippen LogP contribution >= 0.6 is 51.5 Å². The number of benzene rings is 1. The van der Waals surface area contributed by atoms with Gasteiger partial charge in [0.15, 0.2) is 4.80 Å². The predicted octanol–water partition coefficient (Wildman–Crippen LogP) is 4.97. The third kappa shape index (κ3) is 2.72. The second-order valence-electron chi connectivity index (χ2n) is 5.25. The van der Waals surface area contributed by atoms with Crippen LogP contribution in [0.25, 0.3) is 0 Å². The largest absolute Gasteiger partial charge is 0.323 e. The minimum atomic E-state index is 0. The molecule has 2 nitrogen and oxygen atoms in total. The Labute approximate surface area is 149 Å². The van der Waals surface area contributed by atoms with Gasteiger partial charge in [-0.15, -0.1) is 28.3 Å². The lowest BCUT2D eigenvalue weighted by molar-refractivity contribution is 0.286. The topological polar surface area (TPSA) is 17.3 Å². The van der Waals surface area contributed by atoms with Crippen molar-refractivity contribution in [2.24, 2.45) is 12.0 Å². The fourth-order valence-corrected chi connectivity index (χ4v) is 4.28. The second kappa shape index (κ2) is 6.45. The normalized spacial score (nSPS) is 17.2. The molecule has 6 heteroatoms. The highest BCUT2D eigenvalue weighted by Gasteiger charge is 2.42. The van der Waals surface area contributed by atoms with E-state index in [0.29, 0.717) is 10.0 Å². The van der Waals surface area contributed by atoms with Crippen molar-refractivity contribution in [3.8, 4) is 0 Å². The molecule has 1 aliphatic rings. The zero-order chi connectivity index (χ0) is 14.3. The van der Waals surface area contributed by atoms with E-state index in [1.807, 2.05) is 19.2 Å². The van der Waals surface area contributed by atoms with Crippen molar-refractivity contribution in [2.45, 2.75) is 24.7 Å². The molecule has 0 atom stereocenters. The van der Waals surface area contributed by atoms with Gasteiger partial charge in [-0.2, -0.15) is 0 Å². The molecule has 1 fully saturated rings. The average Bonchev–Trinajstić information content (AvgIpc) is 2.74. The third-order valence-corrected chi connectivity index (χ3v) is 6.03. The molecule has 1 saturated carbocycles. The minimum absolute atomic E-state index is 0. The van der Waals surface area contributed by atoms with Crippen LogP contribution in [0.15, 0.2) is 28.6 Å². The number of nitrogens with zero attached hydrogens (tertiary/aromatic N) is 2. The Kier molecular flexibility index (Phi) is 5.24. The maximum absolute atomic E-state index is 6.21. The number of halogens is 3. The van der Waals surface area contributed by atoms with Crippen LogP contribution in [0.3, 0.4) is 0 Å². The van der Waals surface area contributed by atoms with E-state index in [-0.39, 0.29) is 22.4 Å². The Morgan fingerprint density at radius 1 is 1.24 bits per heavy atom. The van der Waals surface area contributed by atoms with Crippen molar-refractivity contribution in [1.29, 1.82) is 0 Å². The lowest BCUT2D eigenvalue weighted by Crippen LogP contribution is -2.38. The van der Waals surface area contributed by atoms with Crippen molar-refractivity contribution in [3.63, 3.8) is 0 Å². The maximum atomic E-state index is 6.21.